The van der Waals surface area contributed by atoms with Gasteiger partial charge >= 0.3 is 0 Å². The maximum absolute atomic E-state index is 12.5. The van der Waals surface area contributed by atoms with Crippen LogP contribution in [0.15, 0.2) is 35.1 Å². The van der Waals surface area contributed by atoms with E-state index in [1.807, 2.05) is 17.5 Å². The lowest BCUT2D eigenvalue weighted by Crippen LogP contribution is -2.30. The lowest BCUT2D eigenvalue weighted by molar-refractivity contribution is 0.399. The Kier molecular flexibility index (Phi) is 2.96. The second-order valence-electron chi connectivity index (χ2n) is 4.21. The summed E-state index contributed by atoms with van der Waals surface area (Å²) in [6.45, 7) is 0.573. The van der Waals surface area contributed by atoms with Gasteiger partial charge in [0, 0.05) is 11.4 Å². The molecule has 2 aromatic rings. The van der Waals surface area contributed by atoms with Gasteiger partial charge < -0.3 is 4.98 Å². The molecule has 0 unspecified atom stereocenters. The number of H-pyrrole nitrogens is 1. The van der Waals surface area contributed by atoms with E-state index in [1.54, 1.807) is 15.6 Å². The number of aromatic nitrogens is 2. The maximum atomic E-state index is 12.5. The zero-order chi connectivity index (χ0) is 12.6. The van der Waals surface area contributed by atoms with Crippen molar-refractivity contribution in [1.29, 1.82) is 0 Å². The molecule has 0 spiro atoms. The van der Waals surface area contributed by atoms with Gasteiger partial charge in [-0.15, -0.1) is 11.3 Å². The van der Waals surface area contributed by atoms with Crippen molar-refractivity contribution in [3.8, 4) is 0 Å². The van der Waals surface area contributed by atoms with Gasteiger partial charge in [0.1, 0.15) is 0 Å². The van der Waals surface area contributed by atoms with E-state index in [1.165, 1.54) is 12.5 Å². The topological polar surface area (TPSA) is 66.1 Å². The van der Waals surface area contributed by atoms with Crippen LogP contribution in [0.5, 0.6) is 0 Å². The van der Waals surface area contributed by atoms with Crippen molar-refractivity contribution < 1.29 is 8.42 Å². The predicted molar refractivity (Wildman–Crippen MR) is 68.8 cm³/mol. The Morgan fingerprint density at radius 2 is 2.39 bits per heavy atom. The highest BCUT2D eigenvalue weighted by molar-refractivity contribution is 7.89. The first-order valence-corrected chi connectivity index (χ1v) is 8.05. The summed E-state index contributed by atoms with van der Waals surface area (Å²) in [5.41, 5.74) is 0. The van der Waals surface area contributed by atoms with Gasteiger partial charge in [0.25, 0.3) is 10.0 Å². The molecule has 1 aliphatic heterocycles. The minimum absolute atomic E-state index is 0.0294. The zero-order valence-electron chi connectivity index (χ0n) is 9.61. The maximum Gasteiger partial charge on any atom is 0.260 e. The highest BCUT2D eigenvalue weighted by atomic mass is 32.2. The summed E-state index contributed by atoms with van der Waals surface area (Å²) < 4.78 is 26.5. The highest BCUT2D eigenvalue weighted by Gasteiger charge is 2.37. The molecule has 1 N–H and O–H groups in total. The van der Waals surface area contributed by atoms with Gasteiger partial charge in [0.15, 0.2) is 5.03 Å². The summed E-state index contributed by atoms with van der Waals surface area (Å²) in [5, 5.41) is 2.15. The highest BCUT2D eigenvalue weighted by Crippen LogP contribution is 2.37. The van der Waals surface area contributed by atoms with Crippen LogP contribution in [0.25, 0.3) is 0 Å². The lowest BCUT2D eigenvalue weighted by atomic mass is 10.2. The average Bonchev–Trinajstić information content (AvgIpc) is 3.11. The van der Waals surface area contributed by atoms with Gasteiger partial charge in [-0.1, -0.05) is 6.07 Å². The first kappa shape index (κ1) is 11.9. The molecule has 0 bridgehead atoms. The molecule has 3 rings (SSSR count). The van der Waals surface area contributed by atoms with Crippen molar-refractivity contribution in [2.75, 3.05) is 6.54 Å². The van der Waals surface area contributed by atoms with E-state index in [4.69, 9.17) is 0 Å². The minimum Gasteiger partial charge on any atom is -0.335 e. The van der Waals surface area contributed by atoms with Gasteiger partial charge in [0.2, 0.25) is 0 Å². The van der Waals surface area contributed by atoms with Gasteiger partial charge in [-0.2, -0.15) is 4.31 Å². The quantitative estimate of drug-likeness (QED) is 0.937. The van der Waals surface area contributed by atoms with Crippen molar-refractivity contribution in [1.82, 2.24) is 14.3 Å². The summed E-state index contributed by atoms with van der Waals surface area (Å²) >= 11 is 1.61. The van der Waals surface area contributed by atoms with Crippen LogP contribution in [-0.4, -0.2) is 29.2 Å². The fourth-order valence-electron chi connectivity index (χ4n) is 2.30. The fraction of sp³-hybridized carbons (Fsp3) is 0.364. The number of thiophene rings is 1. The SMILES string of the molecule is O=S(=O)(c1cnc[nH]1)N1CCC[C@H]1c1cccs1. The Balaban J connectivity index is 1.97. The summed E-state index contributed by atoms with van der Waals surface area (Å²) in [5.74, 6) is 0. The Morgan fingerprint density at radius 1 is 1.50 bits per heavy atom. The van der Waals surface area contributed by atoms with E-state index in [9.17, 15) is 8.42 Å². The van der Waals surface area contributed by atoms with Gasteiger partial charge in [-0.25, -0.2) is 13.4 Å². The van der Waals surface area contributed by atoms with Crippen molar-refractivity contribution >= 4 is 21.4 Å². The third kappa shape index (κ3) is 1.88. The number of imidazole rings is 1. The summed E-state index contributed by atoms with van der Waals surface area (Å²) in [4.78, 5) is 7.58. The summed E-state index contributed by atoms with van der Waals surface area (Å²) in [7, 11) is -3.45. The molecule has 1 saturated heterocycles. The Hall–Kier alpha value is -1.18. The van der Waals surface area contributed by atoms with Gasteiger partial charge in [-0.3, -0.25) is 0 Å². The molecule has 1 aliphatic rings. The number of hydrogen-bond acceptors (Lipinski definition) is 4. The van der Waals surface area contributed by atoms with E-state index in [2.05, 4.69) is 9.97 Å². The molecule has 0 aliphatic carbocycles. The van der Waals surface area contributed by atoms with E-state index in [0.29, 0.717) is 6.54 Å². The Bertz CT molecular complexity index is 605. The van der Waals surface area contributed by atoms with Crippen molar-refractivity contribution in [3.63, 3.8) is 0 Å². The molecule has 1 atom stereocenters. The van der Waals surface area contributed by atoms with Crippen molar-refractivity contribution in [2.24, 2.45) is 0 Å². The summed E-state index contributed by atoms with van der Waals surface area (Å²) in [6.07, 6.45) is 4.53. The number of nitrogens with one attached hydrogen (secondary N) is 1. The van der Waals surface area contributed by atoms with Crippen LogP contribution in [0.1, 0.15) is 23.8 Å². The normalized spacial score (nSPS) is 21.4. The second-order valence-corrected chi connectivity index (χ2v) is 7.04. The molecule has 0 aromatic carbocycles. The molecular formula is C11H13N3O2S2. The van der Waals surface area contributed by atoms with Gasteiger partial charge in [0.05, 0.1) is 18.6 Å². The Labute approximate surface area is 110 Å². The first-order chi connectivity index (χ1) is 8.69. The summed E-state index contributed by atoms with van der Waals surface area (Å²) in [6, 6.07) is 3.92. The third-order valence-electron chi connectivity index (χ3n) is 3.14. The van der Waals surface area contributed by atoms with Crippen LogP contribution in [0.4, 0.5) is 0 Å². The number of rotatable bonds is 3. The number of sulfonamides is 1. The standard InChI is InChI=1S/C11H13N3O2S2/c15-18(16,11-7-12-8-13-11)14-5-1-3-9(14)10-4-2-6-17-10/h2,4,6-9H,1,3,5H2,(H,12,13)/t9-/m0/s1. The van der Waals surface area contributed by atoms with E-state index in [-0.39, 0.29) is 11.1 Å². The Morgan fingerprint density at radius 3 is 3.06 bits per heavy atom. The van der Waals surface area contributed by atoms with Gasteiger partial charge in [-0.05, 0) is 24.3 Å². The molecule has 5 nitrogen and oxygen atoms in total. The molecule has 7 heteroatoms. The van der Waals surface area contributed by atoms with Crippen LogP contribution in [-0.2, 0) is 10.0 Å². The van der Waals surface area contributed by atoms with E-state index >= 15 is 0 Å². The van der Waals surface area contributed by atoms with E-state index in [0.717, 1.165) is 17.7 Å². The van der Waals surface area contributed by atoms with Crippen LogP contribution in [0, 0.1) is 0 Å². The van der Waals surface area contributed by atoms with E-state index < -0.39 is 10.0 Å². The fourth-order valence-corrected chi connectivity index (χ4v) is 4.82. The lowest BCUT2D eigenvalue weighted by Gasteiger charge is -2.22. The molecule has 3 heterocycles. The molecule has 18 heavy (non-hydrogen) atoms. The van der Waals surface area contributed by atoms with Crippen LogP contribution < -0.4 is 0 Å². The number of hydrogen-bond donors (Lipinski definition) is 1. The molecule has 96 valence electrons. The van der Waals surface area contributed by atoms with Crippen LogP contribution in [0.2, 0.25) is 0 Å². The molecular weight excluding hydrogens is 270 g/mol. The van der Waals surface area contributed by atoms with Crippen LogP contribution in [0.3, 0.4) is 0 Å². The average molecular weight is 283 g/mol. The smallest absolute Gasteiger partial charge is 0.260 e. The molecule has 1 fully saturated rings. The molecule has 0 saturated carbocycles. The molecule has 2 aromatic heterocycles. The number of nitrogens with zero attached hydrogens (tertiary/aromatic N) is 2. The van der Waals surface area contributed by atoms with Crippen LogP contribution >= 0.6 is 11.3 Å². The van der Waals surface area contributed by atoms with Crippen molar-refractivity contribution in [2.45, 2.75) is 23.9 Å². The molecule has 0 amide bonds. The first-order valence-electron chi connectivity index (χ1n) is 5.73. The molecule has 0 radical (unpaired) electrons. The second kappa shape index (κ2) is 4.49. The largest absolute Gasteiger partial charge is 0.335 e. The number of aromatic amines is 1. The minimum atomic E-state index is -3.45. The predicted octanol–water partition coefficient (Wildman–Crippen LogP) is 2.00. The monoisotopic (exact) mass is 283 g/mol. The third-order valence-corrected chi connectivity index (χ3v) is 5.94. The van der Waals surface area contributed by atoms with Crippen molar-refractivity contribution in [3.05, 3.63) is 34.9 Å². The zero-order valence-corrected chi connectivity index (χ0v) is 11.2.